The average Bonchev–Trinajstić information content (AvgIpc) is 2.91. The zero-order valence-corrected chi connectivity index (χ0v) is 12.2. The SMILES string of the molecule is CO[C@@H]1Cc2ccccc2N(C(=O)CN2CCCC2=O)C1. The quantitative estimate of drug-likeness (QED) is 0.840. The molecule has 0 saturated carbocycles. The summed E-state index contributed by atoms with van der Waals surface area (Å²) in [5, 5.41) is 0. The third-order valence-corrected chi connectivity index (χ3v) is 4.25. The molecular weight excluding hydrogens is 268 g/mol. The zero-order chi connectivity index (χ0) is 14.8. The number of carbonyl (C=O) groups excluding carboxylic acids is 2. The second-order valence-corrected chi connectivity index (χ2v) is 5.61. The van der Waals surface area contributed by atoms with E-state index in [1.54, 1.807) is 16.9 Å². The number of ether oxygens (including phenoxy) is 1. The molecule has 5 heteroatoms. The van der Waals surface area contributed by atoms with Crippen LogP contribution in [-0.4, -0.2) is 49.6 Å². The molecule has 3 rings (SSSR count). The topological polar surface area (TPSA) is 49.9 Å². The van der Waals surface area contributed by atoms with E-state index in [1.165, 1.54) is 0 Å². The molecule has 1 atom stereocenters. The molecule has 0 aromatic heterocycles. The number of hydrogen-bond donors (Lipinski definition) is 0. The van der Waals surface area contributed by atoms with Gasteiger partial charge in [-0.2, -0.15) is 0 Å². The molecule has 2 amide bonds. The van der Waals surface area contributed by atoms with Crippen molar-refractivity contribution in [2.45, 2.75) is 25.4 Å². The largest absolute Gasteiger partial charge is 0.379 e. The van der Waals surface area contributed by atoms with E-state index in [9.17, 15) is 9.59 Å². The van der Waals surface area contributed by atoms with E-state index in [-0.39, 0.29) is 24.5 Å². The summed E-state index contributed by atoms with van der Waals surface area (Å²) >= 11 is 0. The van der Waals surface area contributed by atoms with Crippen LogP contribution in [0.1, 0.15) is 18.4 Å². The number of anilines is 1. The Labute approximate surface area is 124 Å². The third-order valence-electron chi connectivity index (χ3n) is 4.25. The van der Waals surface area contributed by atoms with Crippen molar-refractivity contribution >= 4 is 17.5 Å². The molecule has 0 aliphatic carbocycles. The predicted octanol–water partition coefficient (Wildman–Crippen LogP) is 1.21. The average molecular weight is 288 g/mol. The highest BCUT2D eigenvalue weighted by atomic mass is 16.5. The number of amides is 2. The molecule has 0 radical (unpaired) electrons. The van der Waals surface area contributed by atoms with Crippen LogP contribution in [0.3, 0.4) is 0 Å². The third kappa shape index (κ3) is 2.78. The van der Waals surface area contributed by atoms with Crippen molar-refractivity contribution in [1.29, 1.82) is 0 Å². The highest BCUT2D eigenvalue weighted by Crippen LogP contribution is 2.28. The number of fused-ring (bicyclic) bond motifs is 1. The molecule has 5 nitrogen and oxygen atoms in total. The van der Waals surface area contributed by atoms with Crippen molar-refractivity contribution in [3.63, 3.8) is 0 Å². The second kappa shape index (κ2) is 5.85. The summed E-state index contributed by atoms with van der Waals surface area (Å²) in [6, 6.07) is 7.91. The minimum absolute atomic E-state index is 0.0122. The standard InChI is InChI=1S/C16H20N2O3/c1-21-13-9-12-5-2-3-6-14(12)18(10-13)16(20)11-17-8-4-7-15(17)19/h2-3,5-6,13H,4,7-11H2,1H3/t13-/m1/s1. The summed E-state index contributed by atoms with van der Waals surface area (Å²) in [5.74, 6) is 0.0522. The minimum atomic E-state index is -0.0283. The molecule has 1 aromatic rings. The van der Waals surface area contributed by atoms with Gasteiger partial charge < -0.3 is 14.5 Å². The molecular formula is C16H20N2O3. The molecule has 1 aromatic carbocycles. The zero-order valence-electron chi connectivity index (χ0n) is 12.2. The van der Waals surface area contributed by atoms with Crippen molar-refractivity contribution in [2.24, 2.45) is 0 Å². The van der Waals surface area contributed by atoms with Gasteiger partial charge in [0.1, 0.15) is 6.54 Å². The van der Waals surface area contributed by atoms with Crippen LogP contribution in [0.5, 0.6) is 0 Å². The lowest BCUT2D eigenvalue weighted by Crippen LogP contribution is -2.47. The summed E-state index contributed by atoms with van der Waals surface area (Å²) in [6.45, 7) is 1.41. The minimum Gasteiger partial charge on any atom is -0.379 e. The van der Waals surface area contributed by atoms with Gasteiger partial charge in [0, 0.05) is 32.2 Å². The first kappa shape index (κ1) is 14.1. The Morgan fingerprint density at radius 3 is 2.90 bits per heavy atom. The molecule has 0 spiro atoms. The molecule has 0 unspecified atom stereocenters. The Hall–Kier alpha value is -1.88. The van der Waals surface area contributed by atoms with Gasteiger partial charge in [0.05, 0.1) is 12.6 Å². The Morgan fingerprint density at radius 2 is 2.19 bits per heavy atom. The van der Waals surface area contributed by atoms with Gasteiger partial charge in [0.2, 0.25) is 11.8 Å². The number of rotatable bonds is 3. The van der Waals surface area contributed by atoms with Gasteiger partial charge >= 0.3 is 0 Å². The van der Waals surface area contributed by atoms with Crippen LogP contribution in [0.4, 0.5) is 5.69 Å². The van der Waals surface area contributed by atoms with Crippen LogP contribution in [0, 0.1) is 0 Å². The molecule has 2 aliphatic rings. The van der Waals surface area contributed by atoms with Crippen molar-refractivity contribution < 1.29 is 14.3 Å². The number of methoxy groups -OCH3 is 1. The predicted molar refractivity (Wildman–Crippen MR) is 79.1 cm³/mol. The van der Waals surface area contributed by atoms with Crippen molar-refractivity contribution in [2.75, 3.05) is 31.6 Å². The van der Waals surface area contributed by atoms with Crippen molar-refractivity contribution in [1.82, 2.24) is 4.90 Å². The first-order chi connectivity index (χ1) is 10.2. The van der Waals surface area contributed by atoms with E-state index in [2.05, 4.69) is 0 Å². The van der Waals surface area contributed by atoms with Crippen LogP contribution in [-0.2, 0) is 20.7 Å². The van der Waals surface area contributed by atoms with Gasteiger partial charge in [-0.25, -0.2) is 0 Å². The van der Waals surface area contributed by atoms with E-state index >= 15 is 0 Å². The molecule has 2 aliphatic heterocycles. The lowest BCUT2D eigenvalue weighted by Gasteiger charge is -2.34. The Balaban J connectivity index is 1.80. The van der Waals surface area contributed by atoms with Crippen molar-refractivity contribution in [3.05, 3.63) is 29.8 Å². The summed E-state index contributed by atoms with van der Waals surface area (Å²) in [5.41, 5.74) is 2.07. The highest BCUT2D eigenvalue weighted by Gasteiger charge is 2.31. The normalized spacial score (nSPS) is 21.6. The maximum atomic E-state index is 12.6. The van der Waals surface area contributed by atoms with Gasteiger partial charge in [0.15, 0.2) is 0 Å². The molecule has 1 saturated heterocycles. The fourth-order valence-corrected chi connectivity index (χ4v) is 3.07. The number of carbonyl (C=O) groups is 2. The smallest absolute Gasteiger partial charge is 0.246 e. The monoisotopic (exact) mass is 288 g/mol. The highest BCUT2D eigenvalue weighted by molar-refractivity contribution is 5.98. The fourth-order valence-electron chi connectivity index (χ4n) is 3.07. The fraction of sp³-hybridized carbons (Fsp3) is 0.500. The van der Waals surface area contributed by atoms with E-state index in [0.717, 1.165) is 24.1 Å². The Kier molecular flexibility index (Phi) is 3.92. The summed E-state index contributed by atoms with van der Waals surface area (Å²) < 4.78 is 5.45. The maximum absolute atomic E-state index is 12.6. The molecule has 0 bridgehead atoms. The van der Waals surface area contributed by atoms with E-state index < -0.39 is 0 Å². The summed E-state index contributed by atoms with van der Waals surface area (Å²) in [6.07, 6.45) is 2.24. The van der Waals surface area contributed by atoms with Gasteiger partial charge in [-0.3, -0.25) is 9.59 Å². The van der Waals surface area contributed by atoms with Gasteiger partial charge in [-0.05, 0) is 18.1 Å². The Bertz CT molecular complexity index is 558. The van der Waals surface area contributed by atoms with Gasteiger partial charge in [-0.15, -0.1) is 0 Å². The molecule has 21 heavy (non-hydrogen) atoms. The number of hydrogen-bond acceptors (Lipinski definition) is 3. The lowest BCUT2D eigenvalue weighted by atomic mass is 9.99. The number of nitrogens with zero attached hydrogens (tertiary/aromatic N) is 2. The van der Waals surface area contributed by atoms with E-state index in [0.29, 0.717) is 19.5 Å². The summed E-state index contributed by atoms with van der Waals surface area (Å²) in [4.78, 5) is 27.7. The maximum Gasteiger partial charge on any atom is 0.246 e. The lowest BCUT2D eigenvalue weighted by molar-refractivity contribution is -0.132. The number of likely N-dealkylation sites (tertiary alicyclic amines) is 1. The van der Waals surface area contributed by atoms with Gasteiger partial charge in [0.25, 0.3) is 0 Å². The van der Waals surface area contributed by atoms with Crippen LogP contribution in [0.25, 0.3) is 0 Å². The van der Waals surface area contributed by atoms with E-state index in [1.807, 2.05) is 24.3 Å². The number of benzene rings is 1. The molecule has 1 fully saturated rings. The molecule has 2 heterocycles. The number of para-hydroxylation sites is 1. The van der Waals surface area contributed by atoms with E-state index in [4.69, 9.17) is 4.74 Å². The van der Waals surface area contributed by atoms with Crippen LogP contribution in [0.2, 0.25) is 0 Å². The Morgan fingerprint density at radius 1 is 1.38 bits per heavy atom. The first-order valence-electron chi connectivity index (χ1n) is 7.38. The second-order valence-electron chi connectivity index (χ2n) is 5.61. The van der Waals surface area contributed by atoms with Crippen LogP contribution < -0.4 is 4.90 Å². The summed E-state index contributed by atoms with van der Waals surface area (Å²) in [7, 11) is 1.67. The van der Waals surface area contributed by atoms with Crippen molar-refractivity contribution in [3.8, 4) is 0 Å². The first-order valence-corrected chi connectivity index (χ1v) is 7.38. The molecule has 0 N–H and O–H groups in total. The van der Waals surface area contributed by atoms with Crippen LogP contribution >= 0.6 is 0 Å². The van der Waals surface area contributed by atoms with Crippen LogP contribution in [0.15, 0.2) is 24.3 Å². The van der Waals surface area contributed by atoms with Gasteiger partial charge in [-0.1, -0.05) is 18.2 Å². The molecule has 112 valence electrons.